The van der Waals surface area contributed by atoms with Gasteiger partial charge >= 0.3 is 12.1 Å². The molecule has 2 aromatic heterocycles. The number of ether oxygens (including phenoxy) is 2. The molecule has 0 aliphatic heterocycles. The maximum Gasteiger partial charge on any atom is 0.416 e. The van der Waals surface area contributed by atoms with Gasteiger partial charge in [0.05, 0.1) is 26.0 Å². The van der Waals surface area contributed by atoms with Crippen LogP contribution in [0.4, 0.5) is 17.6 Å². The summed E-state index contributed by atoms with van der Waals surface area (Å²) >= 11 is 0. The molecule has 0 fully saturated rings. The Morgan fingerprint density at radius 3 is 2.55 bits per heavy atom. The number of methoxy groups -OCH3 is 2. The third-order valence-electron chi connectivity index (χ3n) is 4.02. The zero-order valence-electron chi connectivity index (χ0n) is 15.3. The highest BCUT2D eigenvalue weighted by Crippen LogP contribution is 2.31. The number of hydrogen-bond acceptors (Lipinski definition) is 5. The minimum Gasteiger partial charge on any atom is -0.479 e. The molecule has 3 rings (SSSR count). The number of halogens is 4. The van der Waals surface area contributed by atoms with E-state index in [1.807, 2.05) is 0 Å². The summed E-state index contributed by atoms with van der Waals surface area (Å²) in [5, 5.41) is 4.10. The summed E-state index contributed by atoms with van der Waals surface area (Å²) in [5.74, 6) is -1.29. The average molecular weight is 409 g/mol. The number of carbonyl (C=O) groups is 1. The first-order chi connectivity index (χ1) is 13.7. The molecule has 0 aliphatic rings. The molecular formula is C19H15F4N3O3. The molecule has 152 valence electrons. The van der Waals surface area contributed by atoms with Crippen molar-refractivity contribution in [3.05, 3.63) is 70.8 Å². The van der Waals surface area contributed by atoms with Crippen LogP contribution in [0.15, 0.2) is 42.7 Å². The van der Waals surface area contributed by atoms with Gasteiger partial charge in [-0.05, 0) is 47.9 Å². The molecular weight excluding hydrogens is 394 g/mol. The first-order valence-corrected chi connectivity index (χ1v) is 8.25. The largest absolute Gasteiger partial charge is 0.479 e. The van der Waals surface area contributed by atoms with Crippen molar-refractivity contribution in [1.82, 2.24) is 14.8 Å². The molecule has 0 amide bonds. The quantitative estimate of drug-likeness (QED) is 0.474. The number of benzene rings is 1. The van der Waals surface area contributed by atoms with E-state index < -0.39 is 23.5 Å². The number of nitrogens with zero attached hydrogens (tertiary/aromatic N) is 3. The van der Waals surface area contributed by atoms with E-state index in [2.05, 4.69) is 14.8 Å². The van der Waals surface area contributed by atoms with E-state index in [1.165, 1.54) is 31.3 Å². The van der Waals surface area contributed by atoms with Crippen molar-refractivity contribution >= 4 is 5.97 Å². The summed E-state index contributed by atoms with van der Waals surface area (Å²) in [5.41, 5.74) is -0.242. The molecule has 6 nitrogen and oxygen atoms in total. The van der Waals surface area contributed by atoms with Crippen LogP contribution in [0.1, 0.15) is 27.0 Å². The Morgan fingerprint density at radius 2 is 1.90 bits per heavy atom. The lowest BCUT2D eigenvalue weighted by Crippen LogP contribution is -2.07. The number of alkyl halides is 3. The Balaban J connectivity index is 1.93. The molecule has 0 unspecified atom stereocenters. The van der Waals surface area contributed by atoms with Gasteiger partial charge in [0.25, 0.3) is 0 Å². The van der Waals surface area contributed by atoms with Crippen LogP contribution in [0.5, 0.6) is 5.88 Å². The third kappa shape index (κ3) is 4.53. The number of esters is 1. The molecule has 0 radical (unpaired) electrons. The summed E-state index contributed by atoms with van der Waals surface area (Å²) in [4.78, 5) is 15.9. The lowest BCUT2D eigenvalue weighted by Gasteiger charge is -2.10. The number of aromatic nitrogens is 3. The van der Waals surface area contributed by atoms with E-state index in [4.69, 9.17) is 4.74 Å². The second kappa shape index (κ2) is 7.90. The van der Waals surface area contributed by atoms with Crippen LogP contribution in [0.3, 0.4) is 0 Å². The van der Waals surface area contributed by atoms with Crippen molar-refractivity contribution in [3.63, 3.8) is 0 Å². The number of hydrogen-bond donors (Lipinski definition) is 0. The highest BCUT2D eigenvalue weighted by molar-refractivity contribution is 5.91. The van der Waals surface area contributed by atoms with Gasteiger partial charge < -0.3 is 9.47 Å². The molecule has 1 aromatic carbocycles. The van der Waals surface area contributed by atoms with Crippen LogP contribution in [0.2, 0.25) is 0 Å². The molecule has 10 heteroatoms. The number of pyridine rings is 1. The Kier molecular flexibility index (Phi) is 5.53. The molecule has 0 bridgehead atoms. The SMILES string of the molecule is COC(=O)c1cn(-c2cc(Cc3cc(F)cc(C(F)(F)F)c3)ccn2)nc1OC. The number of rotatable bonds is 5. The van der Waals surface area contributed by atoms with Crippen molar-refractivity contribution < 1.29 is 31.8 Å². The summed E-state index contributed by atoms with van der Waals surface area (Å²) in [6.07, 6.45) is -1.81. The molecule has 2 heterocycles. The smallest absolute Gasteiger partial charge is 0.416 e. The Labute approximate surface area is 162 Å². The normalized spacial score (nSPS) is 11.4. The predicted molar refractivity (Wildman–Crippen MR) is 93.5 cm³/mol. The number of carbonyl (C=O) groups excluding carboxylic acids is 1. The van der Waals surface area contributed by atoms with E-state index in [1.54, 1.807) is 12.1 Å². The monoisotopic (exact) mass is 409 g/mol. The Morgan fingerprint density at radius 1 is 1.14 bits per heavy atom. The van der Waals surface area contributed by atoms with Gasteiger partial charge in [-0.2, -0.15) is 13.2 Å². The lowest BCUT2D eigenvalue weighted by atomic mass is 10.0. The van der Waals surface area contributed by atoms with Crippen LogP contribution in [-0.2, 0) is 17.3 Å². The van der Waals surface area contributed by atoms with Crippen molar-refractivity contribution in [1.29, 1.82) is 0 Å². The summed E-state index contributed by atoms with van der Waals surface area (Å²) in [6, 6.07) is 5.54. The fourth-order valence-electron chi connectivity index (χ4n) is 2.72. The summed E-state index contributed by atoms with van der Waals surface area (Å²) < 4.78 is 63.3. The van der Waals surface area contributed by atoms with Crippen molar-refractivity contribution in [2.24, 2.45) is 0 Å². The van der Waals surface area contributed by atoms with Crippen molar-refractivity contribution in [3.8, 4) is 11.7 Å². The molecule has 0 N–H and O–H groups in total. The van der Waals surface area contributed by atoms with Gasteiger partial charge in [-0.25, -0.2) is 18.9 Å². The second-order valence-corrected chi connectivity index (χ2v) is 6.03. The van der Waals surface area contributed by atoms with Crippen LogP contribution in [0.25, 0.3) is 5.82 Å². The molecule has 0 saturated heterocycles. The maximum atomic E-state index is 13.6. The third-order valence-corrected chi connectivity index (χ3v) is 4.02. The van der Waals surface area contributed by atoms with E-state index in [0.29, 0.717) is 17.4 Å². The second-order valence-electron chi connectivity index (χ2n) is 6.03. The van der Waals surface area contributed by atoms with Crippen LogP contribution >= 0.6 is 0 Å². The van der Waals surface area contributed by atoms with E-state index in [-0.39, 0.29) is 23.4 Å². The molecule has 3 aromatic rings. The van der Waals surface area contributed by atoms with Gasteiger partial charge in [0, 0.05) is 6.20 Å². The molecule has 0 spiro atoms. The molecule has 0 saturated carbocycles. The highest BCUT2D eigenvalue weighted by atomic mass is 19.4. The van der Waals surface area contributed by atoms with Gasteiger partial charge in [-0.1, -0.05) is 0 Å². The van der Waals surface area contributed by atoms with Gasteiger partial charge in [-0.3, -0.25) is 0 Å². The molecule has 0 atom stereocenters. The van der Waals surface area contributed by atoms with Gasteiger partial charge in [0.2, 0.25) is 5.88 Å². The first kappa shape index (κ1) is 20.3. The van der Waals surface area contributed by atoms with E-state index >= 15 is 0 Å². The minimum atomic E-state index is -4.64. The standard InChI is InChI=1S/C19H15F4N3O3/c1-28-17-15(18(27)29-2)10-26(25-17)16-8-11(3-4-24-16)5-12-6-13(19(21,22)23)9-14(20)7-12/h3-4,6-10H,5H2,1-2H3. The van der Waals surface area contributed by atoms with Crippen molar-refractivity contribution in [2.45, 2.75) is 12.6 Å². The van der Waals surface area contributed by atoms with E-state index in [9.17, 15) is 22.4 Å². The molecule has 29 heavy (non-hydrogen) atoms. The average Bonchev–Trinajstić information content (AvgIpc) is 3.11. The summed E-state index contributed by atoms with van der Waals surface area (Å²) in [7, 11) is 2.55. The Hall–Kier alpha value is -3.43. The summed E-state index contributed by atoms with van der Waals surface area (Å²) in [6.45, 7) is 0. The minimum absolute atomic E-state index is 0.0315. The maximum absolute atomic E-state index is 13.6. The van der Waals surface area contributed by atoms with Crippen LogP contribution < -0.4 is 4.74 Å². The van der Waals surface area contributed by atoms with E-state index in [0.717, 1.165) is 12.1 Å². The zero-order valence-corrected chi connectivity index (χ0v) is 15.3. The van der Waals surface area contributed by atoms with Gasteiger partial charge in [-0.15, -0.1) is 5.10 Å². The lowest BCUT2D eigenvalue weighted by molar-refractivity contribution is -0.137. The van der Waals surface area contributed by atoms with Gasteiger partial charge in [0.1, 0.15) is 11.4 Å². The molecule has 0 aliphatic carbocycles. The zero-order chi connectivity index (χ0) is 21.2. The van der Waals surface area contributed by atoms with Crippen LogP contribution in [0, 0.1) is 5.82 Å². The topological polar surface area (TPSA) is 66.2 Å². The predicted octanol–water partition coefficient (Wildman–Crippen LogP) is 3.81. The van der Waals surface area contributed by atoms with Crippen molar-refractivity contribution in [2.75, 3.05) is 14.2 Å². The Bertz CT molecular complexity index is 1050. The highest BCUT2D eigenvalue weighted by Gasteiger charge is 2.31. The fourth-order valence-corrected chi connectivity index (χ4v) is 2.72. The first-order valence-electron chi connectivity index (χ1n) is 8.25. The van der Waals surface area contributed by atoms with Gasteiger partial charge in [0.15, 0.2) is 5.82 Å². The van der Waals surface area contributed by atoms with Crippen LogP contribution in [-0.4, -0.2) is 35.0 Å². The fraction of sp³-hybridized carbons (Fsp3) is 0.211.